The highest BCUT2D eigenvalue weighted by Gasteiger charge is 2.21. The second kappa shape index (κ2) is 4.61. The lowest BCUT2D eigenvalue weighted by molar-refractivity contribution is 0.458. The van der Waals surface area contributed by atoms with Gasteiger partial charge in [-0.2, -0.15) is 0 Å². The fourth-order valence-corrected chi connectivity index (χ4v) is 2.97. The van der Waals surface area contributed by atoms with E-state index in [0.717, 1.165) is 47.6 Å². The minimum absolute atomic E-state index is 0.329. The third kappa shape index (κ3) is 1.88. The fourth-order valence-electron chi connectivity index (χ4n) is 2.97. The standard InChI is InChI=1S/C17H18O2/c1-2-5-11-8-9-14-15(10-11)17(19)13-7-4-3-6-12(13)16(14)18/h3-4,6-8,18-19H,2,5,9-10H2,1H3. The average Bonchev–Trinajstić information content (AvgIpc) is 2.45. The SMILES string of the molecule is CCCC1=CCc2c(c(O)c3ccccc3c2O)C1. The minimum Gasteiger partial charge on any atom is -0.507 e. The normalized spacial score (nSPS) is 14.3. The zero-order valence-corrected chi connectivity index (χ0v) is 11.1. The van der Waals surface area contributed by atoms with E-state index in [2.05, 4.69) is 13.0 Å². The topological polar surface area (TPSA) is 40.5 Å². The van der Waals surface area contributed by atoms with E-state index in [4.69, 9.17) is 0 Å². The monoisotopic (exact) mass is 254 g/mol. The lowest BCUT2D eigenvalue weighted by atomic mass is 9.86. The molecule has 2 N–H and O–H groups in total. The Labute approximate surface area is 113 Å². The molecule has 0 amide bonds. The molecule has 2 heteroatoms. The summed E-state index contributed by atoms with van der Waals surface area (Å²) in [6, 6.07) is 7.49. The first-order valence-electron chi connectivity index (χ1n) is 6.84. The highest BCUT2D eigenvalue weighted by Crippen LogP contribution is 2.42. The zero-order chi connectivity index (χ0) is 13.4. The largest absolute Gasteiger partial charge is 0.507 e. The second-order valence-electron chi connectivity index (χ2n) is 5.19. The van der Waals surface area contributed by atoms with Gasteiger partial charge in [-0.05, 0) is 19.3 Å². The molecule has 19 heavy (non-hydrogen) atoms. The third-order valence-corrected chi connectivity index (χ3v) is 3.94. The highest BCUT2D eigenvalue weighted by atomic mass is 16.3. The second-order valence-corrected chi connectivity index (χ2v) is 5.19. The number of allylic oxidation sites excluding steroid dienone is 2. The van der Waals surface area contributed by atoms with Gasteiger partial charge in [-0.1, -0.05) is 49.3 Å². The fraction of sp³-hybridized carbons (Fsp3) is 0.294. The van der Waals surface area contributed by atoms with Gasteiger partial charge in [-0.3, -0.25) is 0 Å². The molecule has 98 valence electrons. The maximum absolute atomic E-state index is 10.5. The Hall–Kier alpha value is -1.96. The van der Waals surface area contributed by atoms with Gasteiger partial charge in [0, 0.05) is 21.9 Å². The first-order chi connectivity index (χ1) is 9.22. The number of benzene rings is 2. The van der Waals surface area contributed by atoms with Crippen LogP contribution in [0.2, 0.25) is 0 Å². The molecule has 0 bridgehead atoms. The highest BCUT2D eigenvalue weighted by molar-refractivity contribution is 5.95. The van der Waals surface area contributed by atoms with Crippen molar-refractivity contribution in [3.05, 3.63) is 47.0 Å². The summed E-state index contributed by atoms with van der Waals surface area (Å²) in [6.07, 6.45) is 5.84. The number of hydrogen-bond donors (Lipinski definition) is 2. The predicted molar refractivity (Wildman–Crippen MR) is 77.7 cm³/mol. The van der Waals surface area contributed by atoms with Crippen molar-refractivity contribution in [1.82, 2.24) is 0 Å². The Kier molecular flexibility index (Phi) is 2.94. The maximum atomic E-state index is 10.5. The van der Waals surface area contributed by atoms with Crippen LogP contribution >= 0.6 is 0 Å². The Balaban J connectivity index is 2.20. The molecule has 0 saturated heterocycles. The summed E-state index contributed by atoms with van der Waals surface area (Å²) in [4.78, 5) is 0. The van der Waals surface area contributed by atoms with Crippen molar-refractivity contribution in [3.63, 3.8) is 0 Å². The van der Waals surface area contributed by atoms with Crippen LogP contribution in [0.5, 0.6) is 11.5 Å². The average molecular weight is 254 g/mol. The molecule has 0 atom stereocenters. The summed E-state index contributed by atoms with van der Waals surface area (Å²) in [6.45, 7) is 2.16. The van der Waals surface area contributed by atoms with Crippen LogP contribution in [-0.4, -0.2) is 10.2 Å². The van der Waals surface area contributed by atoms with Crippen molar-refractivity contribution in [3.8, 4) is 11.5 Å². The third-order valence-electron chi connectivity index (χ3n) is 3.94. The number of hydrogen-bond acceptors (Lipinski definition) is 2. The van der Waals surface area contributed by atoms with Gasteiger partial charge in [0.2, 0.25) is 0 Å². The Morgan fingerprint density at radius 1 is 1.00 bits per heavy atom. The van der Waals surface area contributed by atoms with Crippen molar-refractivity contribution in [2.24, 2.45) is 0 Å². The van der Waals surface area contributed by atoms with Crippen LogP contribution < -0.4 is 0 Å². The molecular weight excluding hydrogens is 236 g/mol. The Morgan fingerprint density at radius 2 is 1.63 bits per heavy atom. The van der Waals surface area contributed by atoms with Crippen LogP contribution in [0.3, 0.4) is 0 Å². The van der Waals surface area contributed by atoms with Gasteiger partial charge in [0.25, 0.3) is 0 Å². The molecule has 0 spiro atoms. The summed E-state index contributed by atoms with van der Waals surface area (Å²) in [7, 11) is 0. The number of phenols is 2. The number of fused-ring (bicyclic) bond motifs is 2. The van der Waals surface area contributed by atoms with Crippen LogP contribution in [0.25, 0.3) is 10.8 Å². The van der Waals surface area contributed by atoms with E-state index in [1.165, 1.54) is 5.57 Å². The van der Waals surface area contributed by atoms with Crippen LogP contribution in [0, 0.1) is 0 Å². The molecule has 0 fully saturated rings. The van der Waals surface area contributed by atoms with E-state index < -0.39 is 0 Å². The van der Waals surface area contributed by atoms with Crippen molar-refractivity contribution in [1.29, 1.82) is 0 Å². The molecular formula is C17H18O2. The van der Waals surface area contributed by atoms with E-state index in [1.807, 2.05) is 24.3 Å². The Bertz CT molecular complexity index is 669. The molecule has 0 saturated carbocycles. The molecule has 0 unspecified atom stereocenters. The van der Waals surface area contributed by atoms with E-state index in [0.29, 0.717) is 11.5 Å². The molecule has 0 aliphatic heterocycles. The van der Waals surface area contributed by atoms with Gasteiger partial charge in [0.05, 0.1) is 0 Å². The van der Waals surface area contributed by atoms with Crippen LogP contribution in [0.1, 0.15) is 30.9 Å². The Morgan fingerprint density at radius 3 is 2.26 bits per heavy atom. The minimum atomic E-state index is 0.329. The summed E-state index contributed by atoms with van der Waals surface area (Å²) >= 11 is 0. The lowest BCUT2D eigenvalue weighted by Gasteiger charge is -2.21. The van der Waals surface area contributed by atoms with E-state index in [1.54, 1.807) is 0 Å². The quantitative estimate of drug-likeness (QED) is 0.626. The van der Waals surface area contributed by atoms with Gasteiger partial charge in [-0.15, -0.1) is 0 Å². The van der Waals surface area contributed by atoms with Gasteiger partial charge in [0.1, 0.15) is 11.5 Å². The lowest BCUT2D eigenvalue weighted by Crippen LogP contribution is -2.04. The molecule has 0 radical (unpaired) electrons. The van der Waals surface area contributed by atoms with Gasteiger partial charge < -0.3 is 10.2 Å². The van der Waals surface area contributed by atoms with E-state index in [-0.39, 0.29) is 0 Å². The maximum Gasteiger partial charge on any atom is 0.127 e. The molecule has 0 aromatic heterocycles. The summed E-state index contributed by atoms with van der Waals surface area (Å²) in [5.41, 5.74) is 3.15. The first-order valence-corrected chi connectivity index (χ1v) is 6.84. The predicted octanol–water partition coefficient (Wildman–Crippen LogP) is 4.08. The molecule has 1 aliphatic carbocycles. The summed E-state index contributed by atoms with van der Waals surface area (Å²) in [5.74, 6) is 0.667. The number of aromatic hydroxyl groups is 2. The van der Waals surface area contributed by atoms with Crippen LogP contribution in [-0.2, 0) is 12.8 Å². The first kappa shape index (κ1) is 12.1. The zero-order valence-electron chi connectivity index (χ0n) is 11.1. The van der Waals surface area contributed by atoms with Gasteiger partial charge >= 0.3 is 0 Å². The van der Waals surface area contributed by atoms with E-state index >= 15 is 0 Å². The van der Waals surface area contributed by atoms with Crippen molar-refractivity contribution in [2.45, 2.75) is 32.6 Å². The molecule has 2 aromatic carbocycles. The summed E-state index contributed by atoms with van der Waals surface area (Å²) in [5, 5.41) is 22.4. The van der Waals surface area contributed by atoms with Crippen molar-refractivity contribution >= 4 is 10.8 Å². The summed E-state index contributed by atoms with van der Waals surface area (Å²) < 4.78 is 0. The molecule has 2 nitrogen and oxygen atoms in total. The van der Waals surface area contributed by atoms with Gasteiger partial charge in [0.15, 0.2) is 0 Å². The van der Waals surface area contributed by atoms with E-state index in [9.17, 15) is 10.2 Å². The van der Waals surface area contributed by atoms with Crippen LogP contribution in [0.4, 0.5) is 0 Å². The molecule has 1 aliphatic rings. The van der Waals surface area contributed by atoms with Crippen molar-refractivity contribution in [2.75, 3.05) is 0 Å². The number of phenolic OH excluding ortho intramolecular Hbond substituents is 2. The molecule has 2 aromatic rings. The van der Waals surface area contributed by atoms with Crippen LogP contribution in [0.15, 0.2) is 35.9 Å². The van der Waals surface area contributed by atoms with Crippen molar-refractivity contribution < 1.29 is 10.2 Å². The number of rotatable bonds is 2. The molecule has 0 heterocycles. The van der Waals surface area contributed by atoms with Gasteiger partial charge in [-0.25, -0.2) is 0 Å². The smallest absolute Gasteiger partial charge is 0.127 e. The molecule has 3 rings (SSSR count).